The highest BCUT2D eigenvalue weighted by molar-refractivity contribution is 6.32. The maximum atomic E-state index is 12.9. The van der Waals surface area contributed by atoms with Gasteiger partial charge < -0.3 is 15.0 Å². The van der Waals surface area contributed by atoms with Gasteiger partial charge in [-0.15, -0.1) is 0 Å². The average molecular weight is 329 g/mol. The van der Waals surface area contributed by atoms with Gasteiger partial charge in [0, 0.05) is 36.0 Å². The van der Waals surface area contributed by atoms with Crippen molar-refractivity contribution in [2.75, 3.05) is 6.61 Å². The minimum Gasteiger partial charge on any atom is -0.491 e. The molecule has 1 atom stereocenters. The highest BCUT2D eigenvalue weighted by Crippen LogP contribution is 2.48. The fraction of sp³-hybridized carbons (Fsp3) is 0.400. The second kappa shape index (κ2) is 5.43. The fourth-order valence-electron chi connectivity index (χ4n) is 2.26. The van der Waals surface area contributed by atoms with Crippen molar-refractivity contribution in [3.63, 3.8) is 0 Å². The van der Waals surface area contributed by atoms with E-state index in [-0.39, 0.29) is 18.9 Å². The molecule has 1 aliphatic rings. The van der Waals surface area contributed by atoms with E-state index in [1.807, 2.05) is 6.07 Å². The summed E-state index contributed by atoms with van der Waals surface area (Å²) in [5.74, 6) is -3.07. The number of alkyl halides is 2. The van der Waals surface area contributed by atoms with Gasteiger partial charge in [-0.2, -0.15) is 0 Å². The molecule has 1 aliphatic carbocycles. The molecule has 0 bridgehead atoms. The van der Waals surface area contributed by atoms with Crippen LogP contribution in [0.2, 0.25) is 5.02 Å². The van der Waals surface area contributed by atoms with E-state index in [2.05, 4.69) is 10.3 Å². The number of aromatic nitrogens is 1. The Kier molecular flexibility index (Phi) is 3.72. The molecule has 0 saturated heterocycles. The van der Waals surface area contributed by atoms with Gasteiger partial charge in [0.25, 0.3) is 5.92 Å². The summed E-state index contributed by atoms with van der Waals surface area (Å²) in [6.45, 7) is 1.78. The number of nitrogens with one attached hydrogen (secondary N) is 2. The van der Waals surface area contributed by atoms with E-state index in [0.29, 0.717) is 17.3 Å². The average Bonchev–Trinajstić information content (AvgIpc) is 2.87. The largest absolute Gasteiger partial charge is 0.491 e. The molecule has 1 aromatic heterocycles. The third-order valence-corrected chi connectivity index (χ3v) is 3.95. The van der Waals surface area contributed by atoms with E-state index >= 15 is 0 Å². The third kappa shape index (κ3) is 3.16. The molecule has 0 aliphatic heterocycles. The summed E-state index contributed by atoms with van der Waals surface area (Å²) in [5, 5.41) is 3.94. The molecule has 1 fully saturated rings. The minimum absolute atomic E-state index is 0.0440. The molecule has 0 spiro atoms. The zero-order chi connectivity index (χ0) is 15.9. The Balaban J connectivity index is 1.74. The predicted octanol–water partition coefficient (Wildman–Crippen LogP) is 3.49. The number of amides is 1. The molecule has 1 heterocycles. The van der Waals surface area contributed by atoms with Crippen LogP contribution >= 0.6 is 11.6 Å². The smallest absolute Gasteiger partial charge is 0.255 e. The fourth-order valence-corrected chi connectivity index (χ4v) is 2.49. The molecule has 3 rings (SSSR count). The number of hydrogen-bond acceptors (Lipinski definition) is 2. The van der Waals surface area contributed by atoms with E-state index in [4.69, 9.17) is 16.3 Å². The van der Waals surface area contributed by atoms with Crippen LogP contribution in [0.15, 0.2) is 18.2 Å². The number of halogens is 3. The van der Waals surface area contributed by atoms with Gasteiger partial charge in [0.1, 0.15) is 5.75 Å². The van der Waals surface area contributed by atoms with Crippen molar-refractivity contribution in [1.82, 2.24) is 10.3 Å². The number of H-pyrrole nitrogens is 1. The molecule has 1 aromatic carbocycles. The SMILES string of the molecule is CC(=O)NCc1cc2cc(Cl)c(OCC3CC3(F)F)cc2[nH]1. The van der Waals surface area contributed by atoms with Crippen LogP contribution in [0.5, 0.6) is 5.75 Å². The Bertz CT molecular complexity index is 730. The highest BCUT2D eigenvalue weighted by Gasteiger charge is 2.57. The summed E-state index contributed by atoms with van der Waals surface area (Å²) >= 11 is 6.12. The van der Waals surface area contributed by atoms with Crippen LogP contribution in [0.3, 0.4) is 0 Å². The monoisotopic (exact) mass is 328 g/mol. The number of fused-ring (bicyclic) bond motifs is 1. The van der Waals surface area contributed by atoms with E-state index in [1.165, 1.54) is 6.92 Å². The van der Waals surface area contributed by atoms with E-state index in [0.717, 1.165) is 16.6 Å². The number of hydrogen-bond donors (Lipinski definition) is 2. The van der Waals surface area contributed by atoms with Gasteiger partial charge in [-0.3, -0.25) is 4.79 Å². The van der Waals surface area contributed by atoms with Crippen LogP contribution < -0.4 is 10.1 Å². The van der Waals surface area contributed by atoms with Crippen molar-refractivity contribution in [2.24, 2.45) is 5.92 Å². The lowest BCUT2D eigenvalue weighted by Gasteiger charge is -2.07. The van der Waals surface area contributed by atoms with E-state index in [1.54, 1.807) is 12.1 Å². The Hall–Kier alpha value is -1.82. The molecule has 7 heteroatoms. The van der Waals surface area contributed by atoms with Crippen LogP contribution in [-0.4, -0.2) is 23.4 Å². The molecular weight excluding hydrogens is 314 g/mol. The minimum atomic E-state index is -2.60. The van der Waals surface area contributed by atoms with Gasteiger partial charge in [0.15, 0.2) is 0 Å². The number of carbonyl (C=O) groups is 1. The number of carbonyl (C=O) groups excluding carboxylic acids is 1. The number of benzene rings is 1. The number of rotatable bonds is 5. The van der Waals surface area contributed by atoms with E-state index < -0.39 is 11.8 Å². The zero-order valence-electron chi connectivity index (χ0n) is 11.9. The molecule has 1 amide bonds. The van der Waals surface area contributed by atoms with Gasteiger partial charge in [-0.05, 0) is 12.1 Å². The van der Waals surface area contributed by atoms with Crippen molar-refractivity contribution in [3.05, 3.63) is 28.9 Å². The van der Waals surface area contributed by atoms with Gasteiger partial charge in [-0.1, -0.05) is 11.6 Å². The number of ether oxygens (including phenoxy) is 1. The Labute approximate surface area is 130 Å². The lowest BCUT2D eigenvalue weighted by atomic mass is 10.2. The summed E-state index contributed by atoms with van der Waals surface area (Å²) < 4.78 is 31.1. The van der Waals surface area contributed by atoms with Crippen LogP contribution in [0.4, 0.5) is 8.78 Å². The summed E-state index contributed by atoms with van der Waals surface area (Å²) in [6.07, 6.45) is -0.129. The van der Waals surface area contributed by atoms with Crippen molar-refractivity contribution in [1.29, 1.82) is 0 Å². The molecule has 4 nitrogen and oxygen atoms in total. The highest BCUT2D eigenvalue weighted by atomic mass is 35.5. The zero-order valence-corrected chi connectivity index (χ0v) is 12.6. The third-order valence-electron chi connectivity index (χ3n) is 3.65. The van der Waals surface area contributed by atoms with Gasteiger partial charge >= 0.3 is 0 Å². The molecule has 1 saturated carbocycles. The second-order valence-corrected chi connectivity index (χ2v) is 5.95. The van der Waals surface area contributed by atoms with Crippen LogP contribution in [0.25, 0.3) is 10.9 Å². The Morgan fingerprint density at radius 3 is 2.86 bits per heavy atom. The van der Waals surface area contributed by atoms with Gasteiger partial charge in [-0.25, -0.2) is 8.78 Å². The Morgan fingerprint density at radius 2 is 2.23 bits per heavy atom. The standard InChI is InChI=1S/C15H15ClF2N2O2/c1-8(21)19-6-11-2-9-3-12(16)14(4-13(9)20-11)22-7-10-5-15(10,17)18/h2-4,10,20H,5-7H2,1H3,(H,19,21). The molecule has 118 valence electrons. The van der Waals surface area contributed by atoms with Crippen LogP contribution in [-0.2, 0) is 11.3 Å². The lowest BCUT2D eigenvalue weighted by Crippen LogP contribution is -2.18. The maximum absolute atomic E-state index is 12.9. The van der Waals surface area contributed by atoms with Crippen LogP contribution in [0, 0.1) is 5.92 Å². The van der Waals surface area contributed by atoms with Crippen molar-refractivity contribution < 1.29 is 18.3 Å². The molecular formula is C15H15ClF2N2O2. The van der Waals surface area contributed by atoms with Crippen molar-refractivity contribution in [3.8, 4) is 5.75 Å². The first-order valence-corrected chi connectivity index (χ1v) is 7.29. The van der Waals surface area contributed by atoms with Crippen molar-refractivity contribution in [2.45, 2.75) is 25.8 Å². The van der Waals surface area contributed by atoms with Gasteiger partial charge in [0.2, 0.25) is 5.91 Å². The predicted molar refractivity (Wildman–Crippen MR) is 79.4 cm³/mol. The van der Waals surface area contributed by atoms with E-state index in [9.17, 15) is 13.6 Å². The lowest BCUT2D eigenvalue weighted by molar-refractivity contribution is -0.119. The normalized spacial score (nSPS) is 19.2. The Morgan fingerprint density at radius 1 is 1.50 bits per heavy atom. The summed E-state index contributed by atoms with van der Waals surface area (Å²) in [4.78, 5) is 14.1. The van der Waals surface area contributed by atoms with Gasteiger partial charge in [0.05, 0.1) is 24.1 Å². The first kappa shape index (κ1) is 15.1. The quantitative estimate of drug-likeness (QED) is 0.882. The summed E-state index contributed by atoms with van der Waals surface area (Å²) in [5.41, 5.74) is 1.61. The second-order valence-electron chi connectivity index (χ2n) is 5.55. The first-order chi connectivity index (χ1) is 10.3. The summed E-state index contributed by atoms with van der Waals surface area (Å²) in [7, 11) is 0. The number of aromatic amines is 1. The molecule has 22 heavy (non-hydrogen) atoms. The first-order valence-electron chi connectivity index (χ1n) is 6.91. The maximum Gasteiger partial charge on any atom is 0.255 e. The molecule has 2 aromatic rings. The van der Waals surface area contributed by atoms with Crippen molar-refractivity contribution >= 4 is 28.4 Å². The molecule has 1 unspecified atom stereocenters. The summed E-state index contributed by atoms with van der Waals surface area (Å²) in [6, 6.07) is 5.27. The van der Waals surface area contributed by atoms with Crippen LogP contribution in [0.1, 0.15) is 19.0 Å². The topological polar surface area (TPSA) is 54.1 Å². The molecule has 0 radical (unpaired) electrons. The molecule has 2 N–H and O–H groups in total.